The summed E-state index contributed by atoms with van der Waals surface area (Å²) in [7, 11) is 0. The third-order valence-corrected chi connectivity index (χ3v) is 11.7. The van der Waals surface area contributed by atoms with Crippen LogP contribution < -0.4 is 0 Å². The van der Waals surface area contributed by atoms with Crippen LogP contribution in [0.3, 0.4) is 0 Å². The Morgan fingerprint density at radius 3 is 1.50 bits per heavy atom. The topological polar surface area (TPSA) is 35.6 Å². The molecule has 0 spiro atoms. The van der Waals surface area contributed by atoms with Crippen molar-refractivity contribution in [2.24, 2.45) is 0 Å². The second-order valence-electron chi connectivity index (χ2n) is 15.0. The largest absolute Gasteiger partial charge is 0.309 e. The van der Waals surface area contributed by atoms with Crippen LogP contribution in [0.1, 0.15) is 0 Å². The van der Waals surface area contributed by atoms with Crippen LogP contribution in [0.25, 0.3) is 110 Å². The van der Waals surface area contributed by atoms with Crippen LogP contribution in [0, 0.1) is 0 Å². The van der Waals surface area contributed by atoms with Gasteiger partial charge in [-0.05, 0) is 64.7 Å². The average molecular weight is 739 g/mol. The Morgan fingerprint density at radius 2 is 0.793 bits per heavy atom. The van der Waals surface area contributed by atoms with E-state index in [1.54, 1.807) is 0 Å². The lowest BCUT2D eigenvalue weighted by atomic mass is 9.96. The minimum Gasteiger partial charge on any atom is -0.309 e. The van der Waals surface area contributed by atoms with Gasteiger partial charge in [0.2, 0.25) is 0 Å². The average Bonchev–Trinajstić information content (AvgIpc) is 3.83. The fourth-order valence-corrected chi connectivity index (χ4v) is 9.15. The monoisotopic (exact) mass is 738 g/mol. The molecule has 12 rings (SSSR count). The first-order chi connectivity index (χ1) is 28.8. The molecule has 58 heavy (non-hydrogen) atoms. The SMILES string of the molecule is c1ccc(-c2cc(-c3ccccc3)nc(-c3cccc(-n4c5ccccc5c5c6ccc7c(ccc8c9ccccc9n(-c9ccccc9)c78)c6ccc54)c3)n2)cc1. The van der Waals surface area contributed by atoms with Gasteiger partial charge in [-0.2, -0.15) is 0 Å². The maximum absolute atomic E-state index is 5.16. The molecule has 0 saturated carbocycles. The molecule has 0 N–H and O–H groups in total. The van der Waals surface area contributed by atoms with Gasteiger partial charge in [-0.15, -0.1) is 0 Å². The molecule has 3 heterocycles. The molecular weight excluding hydrogens is 705 g/mol. The fraction of sp³-hybridized carbons (Fsp3) is 0. The minimum atomic E-state index is 0.693. The van der Waals surface area contributed by atoms with Crippen molar-refractivity contribution in [1.29, 1.82) is 0 Å². The second kappa shape index (κ2) is 12.9. The number of benzene rings is 9. The molecule has 270 valence electrons. The van der Waals surface area contributed by atoms with E-state index in [9.17, 15) is 0 Å². The van der Waals surface area contributed by atoms with Crippen LogP contribution >= 0.6 is 0 Å². The Kier molecular flexibility index (Phi) is 7.20. The van der Waals surface area contributed by atoms with Gasteiger partial charge in [0, 0.05) is 55.0 Å². The Bertz CT molecular complexity index is 3490. The zero-order chi connectivity index (χ0) is 38.2. The van der Waals surface area contributed by atoms with Gasteiger partial charge < -0.3 is 9.13 Å². The third kappa shape index (κ3) is 4.95. The molecule has 0 aliphatic carbocycles. The minimum absolute atomic E-state index is 0.693. The van der Waals surface area contributed by atoms with Crippen molar-refractivity contribution >= 4 is 65.2 Å². The fourth-order valence-electron chi connectivity index (χ4n) is 9.15. The number of fused-ring (bicyclic) bond motifs is 11. The zero-order valence-corrected chi connectivity index (χ0v) is 31.4. The Balaban J connectivity index is 1.07. The number of nitrogens with zero attached hydrogens (tertiary/aromatic N) is 4. The molecule has 0 amide bonds. The lowest BCUT2D eigenvalue weighted by Crippen LogP contribution is -1.98. The summed E-state index contributed by atoms with van der Waals surface area (Å²) in [5, 5.41) is 9.97. The molecule has 4 heteroatoms. The number of hydrogen-bond donors (Lipinski definition) is 0. The second-order valence-corrected chi connectivity index (χ2v) is 15.0. The standard InChI is InChI=1S/C54H34N4/c1-4-15-35(16-5-1)47-34-48(36-17-6-2-7-18-36)56-54(55-47)37-19-14-22-39(33-37)57-50-26-13-11-24-46(50)52-43-28-30-44-41(40(43)31-32-51(52)57)27-29-45-42-23-10-12-25-49(42)58(53(44)45)38-20-8-3-9-21-38/h1-34H. The van der Waals surface area contributed by atoms with Crippen molar-refractivity contribution < 1.29 is 0 Å². The molecule has 0 saturated heterocycles. The quantitative estimate of drug-likeness (QED) is 0.165. The van der Waals surface area contributed by atoms with E-state index in [1.165, 1.54) is 54.1 Å². The van der Waals surface area contributed by atoms with Crippen molar-refractivity contribution in [2.45, 2.75) is 0 Å². The van der Waals surface area contributed by atoms with Crippen molar-refractivity contribution in [1.82, 2.24) is 19.1 Å². The zero-order valence-electron chi connectivity index (χ0n) is 31.4. The normalized spacial score (nSPS) is 11.8. The van der Waals surface area contributed by atoms with Gasteiger partial charge in [-0.25, -0.2) is 9.97 Å². The smallest absolute Gasteiger partial charge is 0.160 e. The summed E-state index contributed by atoms with van der Waals surface area (Å²) in [5.41, 5.74) is 11.9. The summed E-state index contributed by atoms with van der Waals surface area (Å²) in [4.78, 5) is 10.3. The lowest BCUT2D eigenvalue weighted by molar-refractivity contribution is 1.16. The molecule has 0 radical (unpaired) electrons. The van der Waals surface area contributed by atoms with Crippen molar-refractivity contribution in [3.8, 4) is 45.3 Å². The van der Waals surface area contributed by atoms with Crippen molar-refractivity contribution in [3.63, 3.8) is 0 Å². The van der Waals surface area contributed by atoms with Gasteiger partial charge in [0.05, 0.1) is 33.5 Å². The van der Waals surface area contributed by atoms with Gasteiger partial charge in [0.1, 0.15) is 0 Å². The molecular formula is C54H34N4. The van der Waals surface area contributed by atoms with E-state index in [-0.39, 0.29) is 0 Å². The van der Waals surface area contributed by atoms with Crippen molar-refractivity contribution in [2.75, 3.05) is 0 Å². The van der Waals surface area contributed by atoms with Crippen LogP contribution in [0.2, 0.25) is 0 Å². The van der Waals surface area contributed by atoms with Crippen molar-refractivity contribution in [3.05, 3.63) is 206 Å². The highest BCUT2D eigenvalue weighted by atomic mass is 15.0. The van der Waals surface area contributed by atoms with Gasteiger partial charge in [0.25, 0.3) is 0 Å². The van der Waals surface area contributed by atoms with Gasteiger partial charge in [-0.3, -0.25) is 0 Å². The third-order valence-electron chi connectivity index (χ3n) is 11.7. The summed E-state index contributed by atoms with van der Waals surface area (Å²) in [6, 6.07) is 73.7. The van der Waals surface area contributed by atoms with Crippen LogP contribution in [0.5, 0.6) is 0 Å². The highest BCUT2D eigenvalue weighted by molar-refractivity contribution is 6.29. The predicted octanol–water partition coefficient (Wildman–Crippen LogP) is 14.0. The molecule has 0 unspecified atom stereocenters. The van der Waals surface area contributed by atoms with Crippen LogP contribution in [0.4, 0.5) is 0 Å². The summed E-state index contributed by atoms with van der Waals surface area (Å²) < 4.78 is 4.83. The molecule has 0 bridgehead atoms. The maximum Gasteiger partial charge on any atom is 0.160 e. The number of aromatic nitrogens is 4. The Labute approximate surface area is 334 Å². The molecule has 0 aliphatic rings. The first-order valence-corrected chi connectivity index (χ1v) is 19.8. The summed E-state index contributed by atoms with van der Waals surface area (Å²) in [6.45, 7) is 0. The van der Waals surface area contributed by atoms with E-state index in [0.29, 0.717) is 5.82 Å². The highest BCUT2D eigenvalue weighted by Crippen LogP contribution is 2.43. The first-order valence-electron chi connectivity index (χ1n) is 19.8. The maximum atomic E-state index is 5.16. The number of para-hydroxylation sites is 3. The van der Waals surface area contributed by atoms with E-state index in [4.69, 9.17) is 9.97 Å². The van der Waals surface area contributed by atoms with E-state index >= 15 is 0 Å². The molecule has 3 aromatic heterocycles. The molecule has 0 fully saturated rings. The van der Waals surface area contributed by atoms with Gasteiger partial charge in [0.15, 0.2) is 5.82 Å². The Hall–Kier alpha value is -7.82. The van der Waals surface area contributed by atoms with E-state index < -0.39 is 0 Å². The molecule has 0 aliphatic heterocycles. The van der Waals surface area contributed by atoms with E-state index in [2.05, 4.69) is 203 Å². The molecule has 0 atom stereocenters. The van der Waals surface area contributed by atoms with Crippen LogP contribution in [-0.4, -0.2) is 19.1 Å². The van der Waals surface area contributed by atoms with E-state index in [1.807, 2.05) is 12.1 Å². The number of hydrogen-bond acceptors (Lipinski definition) is 2. The molecule has 4 nitrogen and oxygen atoms in total. The van der Waals surface area contributed by atoms with Crippen LogP contribution in [0.15, 0.2) is 206 Å². The first kappa shape index (κ1) is 32.4. The number of rotatable bonds is 5. The van der Waals surface area contributed by atoms with Crippen LogP contribution in [-0.2, 0) is 0 Å². The Morgan fingerprint density at radius 1 is 0.293 bits per heavy atom. The summed E-state index contributed by atoms with van der Waals surface area (Å²) >= 11 is 0. The predicted molar refractivity (Wildman–Crippen MR) is 242 cm³/mol. The van der Waals surface area contributed by atoms with E-state index in [0.717, 1.165) is 50.5 Å². The molecule has 9 aromatic carbocycles. The summed E-state index contributed by atoms with van der Waals surface area (Å²) in [5.74, 6) is 0.693. The highest BCUT2D eigenvalue weighted by Gasteiger charge is 2.20. The summed E-state index contributed by atoms with van der Waals surface area (Å²) in [6.07, 6.45) is 0. The van der Waals surface area contributed by atoms with Gasteiger partial charge in [-0.1, -0.05) is 158 Å². The lowest BCUT2D eigenvalue weighted by Gasteiger charge is -2.13. The molecule has 12 aromatic rings. The van der Waals surface area contributed by atoms with Gasteiger partial charge >= 0.3 is 0 Å².